The molecule has 1 aliphatic rings. The molecule has 5 heteroatoms. The van der Waals surface area contributed by atoms with E-state index in [0.717, 1.165) is 12.8 Å². The molecule has 0 radical (unpaired) electrons. The van der Waals surface area contributed by atoms with Gasteiger partial charge in [-0.25, -0.2) is 0 Å². The molecule has 5 nitrogen and oxygen atoms in total. The molecule has 0 saturated heterocycles. The zero-order valence-electron chi connectivity index (χ0n) is 10.7. The number of nitrogens with zero attached hydrogens (tertiary/aromatic N) is 1. The Balaban J connectivity index is 2.19. The fourth-order valence-electron chi connectivity index (χ4n) is 2.09. The Bertz CT molecular complexity index is 518. The number of carboxylic acid groups (broad SMARTS) is 1. The van der Waals surface area contributed by atoms with Gasteiger partial charge in [-0.05, 0) is 30.9 Å². The number of aliphatic carboxylic acids is 1. The average Bonchev–Trinajstić information content (AvgIpc) is 3.21. The number of anilines is 1. The van der Waals surface area contributed by atoms with Crippen molar-refractivity contribution in [3.63, 3.8) is 0 Å². The summed E-state index contributed by atoms with van der Waals surface area (Å²) in [5.41, 5.74) is 1.14. The van der Waals surface area contributed by atoms with Crippen molar-refractivity contribution in [3.8, 4) is 11.8 Å². The van der Waals surface area contributed by atoms with Gasteiger partial charge in [-0.2, -0.15) is 5.26 Å². The summed E-state index contributed by atoms with van der Waals surface area (Å²) in [6, 6.07) is 7.09. The molecule has 0 bridgehead atoms. The second-order valence-corrected chi connectivity index (χ2v) is 4.71. The summed E-state index contributed by atoms with van der Waals surface area (Å²) in [6.45, 7) is 0. The van der Waals surface area contributed by atoms with Gasteiger partial charge in [0.1, 0.15) is 11.8 Å². The summed E-state index contributed by atoms with van der Waals surface area (Å²) in [7, 11) is 1.56. The fraction of sp³-hybridized carbons (Fsp3) is 0.429. The van der Waals surface area contributed by atoms with Gasteiger partial charge in [-0.3, -0.25) is 4.79 Å². The van der Waals surface area contributed by atoms with E-state index < -0.39 is 5.97 Å². The van der Waals surface area contributed by atoms with Gasteiger partial charge < -0.3 is 15.2 Å². The third-order valence-electron chi connectivity index (χ3n) is 3.27. The summed E-state index contributed by atoms with van der Waals surface area (Å²) < 4.78 is 5.13. The highest BCUT2D eigenvalue weighted by molar-refractivity contribution is 5.69. The van der Waals surface area contributed by atoms with Crippen LogP contribution in [0.4, 0.5) is 5.69 Å². The van der Waals surface area contributed by atoms with Crippen molar-refractivity contribution >= 4 is 11.7 Å². The molecular weight excluding hydrogens is 244 g/mol. The third-order valence-corrected chi connectivity index (χ3v) is 3.27. The normalized spacial score (nSPS) is 15.4. The van der Waals surface area contributed by atoms with E-state index in [-0.39, 0.29) is 12.5 Å². The molecule has 1 aliphatic carbocycles. The van der Waals surface area contributed by atoms with Crippen LogP contribution in [0.25, 0.3) is 0 Å². The molecule has 1 unspecified atom stereocenters. The number of ether oxygens (including phenoxy) is 1. The van der Waals surface area contributed by atoms with E-state index in [1.807, 2.05) is 0 Å². The van der Waals surface area contributed by atoms with Gasteiger partial charge in [0.15, 0.2) is 0 Å². The number of hydrogen-bond donors (Lipinski definition) is 2. The Morgan fingerprint density at radius 3 is 2.89 bits per heavy atom. The largest absolute Gasteiger partial charge is 0.497 e. The smallest absolute Gasteiger partial charge is 0.305 e. The van der Waals surface area contributed by atoms with Crippen molar-refractivity contribution in [1.82, 2.24) is 0 Å². The number of nitriles is 1. The first-order chi connectivity index (χ1) is 9.13. The Labute approximate surface area is 111 Å². The molecule has 2 N–H and O–H groups in total. The zero-order valence-corrected chi connectivity index (χ0v) is 10.7. The number of methoxy groups -OCH3 is 1. The van der Waals surface area contributed by atoms with Gasteiger partial charge in [-0.15, -0.1) is 0 Å². The highest BCUT2D eigenvalue weighted by atomic mass is 16.5. The second kappa shape index (κ2) is 5.61. The van der Waals surface area contributed by atoms with Gasteiger partial charge >= 0.3 is 5.97 Å². The van der Waals surface area contributed by atoms with Crippen molar-refractivity contribution < 1.29 is 14.6 Å². The molecule has 0 amide bonds. The van der Waals surface area contributed by atoms with Gasteiger partial charge in [0.25, 0.3) is 0 Å². The van der Waals surface area contributed by atoms with Crippen LogP contribution in [0.3, 0.4) is 0 Å². The molecule has 1 saturated carbocycles. The molecule has 19 heavy (non-hydrogen) atoms. The first-order valence-electron chi connectivity index (χ1n) is 6.20. The van der Waals surface area contributed by atoms with Crippen molar-refractivity contribution in [3.05, 3.63) is 23.8 Å². The van der Waals surface area contributed by atoms with Crippen molar-refractivity contribution in [2.45, 2.75) is 25.3 Å². The summed E-state index contributed by atoms with van der Waals surface area (Å²) >= 11 is 0. The molecule has 1 atom stereocenters. The quantitative estimate of drug-likeness (QED) is 0.819. The van der Waals surface area contributed by atoms with E-state index in [2.05, 4.69) is 11.4 Å². The zero-order chi connectivity index (χ0) is 13.8. The lowest BCUT2D eigenvalue weighted by atomic mass is 10.1. The summed E-state index contributed by atoms with van der Waals surface area (Å²) in [5, 5.41) is 21.2. The molecule has 1 aromatic rings. The highest BCUT2D eigenvalue weighted by Crippen LogP contribution is 2.36. The topological polar surface area (TPSA) is 82.3 Å². The first-order valence-corrected chi connectivity index (χ1v) is 6.20. The summed E-state index contributed by atoms with van der Waals surface area (Å²) in [6.07, 6.45) is 2.14. The van der Waals surface area contributed by atoms with Crippen LogP contribution in [0.1, 0.15) is 24.8 Å². The maximum Gasteiger partial charge on any atom is 0.305 e. The van der Waals surface area contributed by atoms with Gasteiger partial charge in [0.05, 0.1) is 24.8 Å². The molecule has 2 rings (SSSR count). The minimum atomic E-state index is -0.828. The minimum absolute atomic E-state index is 0.0622. The van der Waals surface area contributed by atoms with E-state index in [4.69, 9.17) is 15.1 Å². The number of benzene rings is 1. The van der Waals surface area contributed by atoms with Crippen LogP contribution in [0.15, 0.2) is 18.2 Å². The lowest BCUT2D eigenvalue weighted by molar-refractivity contribution is -0.137. The molecular formula is C14H16N2O3. The lowest BCUT2D eigenvalue weighted by Gasteiger charge is -2.19. The van der Waals surface area contributed by atoms with Crippen LogP contribution >= 0.6 is 0 Å². The fourth-order valence-corrected chi connectivity index (χ4v) is 2.09. The standard InChI is InChI=1S/C14H16N2O3/c1-19-11-5-4-10(8-15)12(6-11)16-13(7-14(17)18)9-2-3-9/h4-6,9,13,16H,2-3,7H2,1H3,(H,17,18). The molecule has 0 aliphatic heterocycles. The first kappa shape index (κ1) is 13.2. The van der Waals surface area contributed by atoms with Gasteiger partial charge in [0.2, 0.25) is 0 Å². The SMILES string of the molecule is COc1ccc(C#N)c(NC(CC(=O)O)C2CC2)c1. The van der Waals surface area contributed by atoms with E-state index in [9.17, 15) is 4.79 Å². The lowest BCUT2D eigenvalue weighted by Crippen LogP contribution is -2.25. The van der Waals surface area contributed by atoms with E-state index in [0.29, 0.717) is 22.9 Å². The Hall–Kier alpha value is -2.22. The molecule has 1 aromatic carbocycles. The second-order valence-electron chi connectivity index (χ2n) is 4.71. The molecule has 100 valence electrons. The highest BCUT2D eigenvalue weighted by Gasteiger charge is 2.33. The van der Waals surface area contributed by atoms with Gasteiger partial charge in [0, 0.05) is 12.1 Å². The maximum absolute atomic E-state index is 10.9. The van der Waals surface area contributed by atoms with Crippen LogP contribution < -0.4 is 10.1 Å². The number of rotatable bonds is 6. The van der Waals surface area contributed by atoms with Crippen LogP contribution in [-0.4, -0.2) is 24.2 Å². The number of carbonyl (C=O) groups is 1. The van der Waals surface area contributed by atoms with Crippen LogP contribution in [0.2, 0.25) is 0 Å². The Kier molecular flexibility index (Phi) is 3.91. The molecule has 1 fully saturated rings. The summed E-state index contributed by atoms with van der Waals surface area (Å²) in [5.74, 6) is 0.200. The molecule has 0 spiro atoms. The van der Waals surface area contributed by atoms with Crippen molar-refractivity contribution in [1.29, 1.82) is 5.26 Å². The predicted molar refractivity (Wildman–Crippen MR) is 70.1 cm³/mol. The van der Waals surface area contributed by atoms with E-state index in [1.165, 1.54) is 0 Å². The van der Waals surface area contributed by atoms with Crippen molar-refractivity contribution in [2.75, 3.05) is 12.4 Å². The average molecular weight is 260 g/mol. The van der Waals surface area contributed by atoms with Gasteiger partial charge in [-0.1, -0.05) is 0 Å². The van der Waals surface area contributed by atoms with Crippen LogP contribution in [-0.2, 0) is 4.79 Å². The van der Waals surface area contributed by atoms with E-state index >= 15 is 0 Å². The monoisotopic (exact) mass is 260 g/mol. The molecule has 0 heterocycles. The Morgan fingerprint density at radius 1 is 1.63 bits per heavy atom. The molecule has 0 aromatic heterocycles. The maximum atomic E-state index is 10.9. The Morgan fingerprint density at radius 2 is 2.37 bits per heavy atom. The number of carboxylic acids is 1. The third kappa shape index (κ3) is 3.38. The predicted octanol–water partition coefficient (Wildman–Crippen LogP) is 2.23. The van der Waals surface area contributed by atoms with E-state index in [1.54, 1.807) is 25.3 Å². The van der Waals surface area contributed by atoms with Crippen LogP contribution in [0.5, 0.6) is 5.75 Å². The number of nitrogens with one attached hydrogen (secondary N) is 1. The van der Waals surface area contributed by atoms with Crippen LogP contribution in [0, 0.1) is 17.2 Å². The minimum Gasteiger partial charge on any atom is -0.497 e. The number of hydrogen-bond acceptors (Lipinski definition) is 4. The summed E-state index contributed by atoms with van der Waals surface area (Å²) in [4.78, 5) is 10.9. The van der Waals surface area contributed by atoms with Crippen molar-refractivity contribution in [2.24, 2.45) is 5.92 Å².